The molecule has 1 aromatic carbocycles. The molecule has 150 valence electrons. The molecule has 0 amide bonds. The highest BCUT2D eigenvalue weighted by atomic mass is 32.2. The van der Waals surface area contributed by atoms with E-state index >= 15 is 0 Å². The quantitative estimate of drug-likeness (QED) is 0.857. The molecule has 1 spiro atoms. The van der Waals surface area contributed by atoms with E-state index in [0.717, 1.165) is 56.3 Å². The molecular formula is C20H31N3O3S. The molecule has 1 saturated heterocycles. The summed E-state index contributed by atoms with van der Waals surface area (Å²) in [5, 5.41) is 3.36. The van der Waals surface area contributed by atoms with Gasteiger partial charge in [0.2, 0.25) is 0 Å². The minimum atomic E-state index is -3.47. The van der Waals surface area contributed by atoms with Crippen molar-refractivity contribution < 1.29 is 13.2 Å². The number of fused-ring (bicyclic) bond motifs is 1. The molecule has 27 heavy (non-hydrogen) atoms. The number of benzene rings is 1. The van der Waals surface area contributed by atoms with Crippen LogP contribution in [0.5, 0.6) is 5.75 Å². The lowest BCUT2D eigenvalue weighted by molar-refractivity contribution is 0.0128. The number of rotatable bonds is 3. The Morgan fingerprint density at radius 1 is 1.07 bits per heavy atom. The SMILES string of the molecule is CNC1CCC2(CC1)CN(S(=O)(=O)N1CCCCC1)Cc1ccccc1O2. The van der Waals surface area contributed by atoms with Crippen molar-refractivity contribution in [3.8, 4) is 5.75 Å². The van der Waals surface area contributed by atoms with Crippen LogP contribution in [0.2, 0.25) is 0 Å². The first-order valence-electron chi connectivity index (χ1n) is 10.2. The molecule has 0 aromatic heterocycles. The summed E-state index contributed by atoms with van der Waals surface area (Å²) in [4.78, 5) is 0. The average molecular weight is 394 g/mol. The standard InChI is InChI=1S/C20H31N3O3S/c1-21-18-9-11-20(12-10-18)16-23(15-17-7-3-4-8-19(17)26-20)27(24,25)22-13-5-2-6-14-22/h3-4,7-8,18,21H,2,5-6,9-16H2,1H3. The molecule has 1 saturated carbocycles. The third kappa shape index (κ3) is 3.88. The summed E-state index contributed by atoms with van der Waals surface area (Å²) in [5.41, 5.74) is 0.536. The van der Waals surface area contributed by atoms with Crippen molar-refractivity contribution in [2.75, 3.05) is 26.7 Å². The molecule has 3 aliphatic rings. The summed E-state index contributed by atoms with van der Waals surface area (Å²) in [7, 11) is -1.48. The van der Waals surface area contributed by atoms with Crippen LogP contribution in [0.3, 0.4) is 0 Å². The number of piperidine rings is 1. The molecule has 6 nitrogen and oxygen atoms in total. The van der Waals surface area contributed by atoms with E-state index in [9.17, 15) is 8.42 Å². The van der Waals surface area contributed by atoms with Crippen LogP contribution >= 0.6 is 0 Å². The van der Waals surface area contributed by atoms with Crippen molar-refractivity contribution in [1.29, 1.82) is 0 Å². The van der Waals surface area contributed by atoms with Gasteiger partial charge in [-0.1, -0.05) is 24.6 Å². The summed E-state index contributed by atoms with van der Waals surface area (Å²) < 4.78 is 36.8. The largest absolute Gasteiger partial charge is 0.486 e. The van der Waals surface area contributed by atoms with Crippen LogP contribution in [0, 0.1) is 0 Å². The molecule has 0 atom stereocenters. The van der Waals surface area contributed by atoms with Crippen LogP contribution in [0.25, 0.3) is 0 Å². The number of ether oxygens (including phenoxy) is 1. The topological polar surface area (TPSA) is 61.9 Å². The molecule has 1 aromatic rings. The van der Waals surface area contributed by atoms with Crippen LogP contribution < -0.4 is 10.1 Å². The first-order chi connectivity index (χ1) is 13.0. The van der Waals surface area contributed by atoms with Gasteiger partial charge in [-0.15, -0.1) is 0 Å². The van der Waals surface area contributed by atoms with E-state index in [2.05, 4.69) is 5.32 Å². The first kappa shape index (κ1) is 19.2. The molecule has 2 heterocycles. The Bertz CT molecular complexity index is 753. The van der Waals surface area contributed by atoms with Gasteiger partial charge in [0.1, 0.15) is 11.4 Å². The van der Waals surface area contributed by atoms with Crippen LogP contribution in [0.4, 0.5) is 0 Å². The molecule has 0 bridgehead atoms. The zero-order valence-corrected chi connectivity index (χ0v) is 17.0. The highest BCUT2D eigenvalue weighted by Crippen LogP contribution is 2.39. The minimum absolute atomic E-state index is 0.395. The van der Waals surface area contributed by atoms with Crippen molar-refractivity contribution in [2.45, 2.75) is 63.1 Å². The fourth-order valence-electron chi connectivity index (χ4n) is 4.68. The van der Waals surface area contributed by atoms with Crippen LogP contribution in [-0.2, 0) is 16.8 Å². The second kappa shape index (κ2) is 7.70. The Labute approximate surface area is 163 Å². The van der Waals surface area contributed by atoms with Gasteiger partial charge in [-0.3, -0.25) is 0 Å². The fourth-order valence-corrected chi connectivity index (χ4v) is 6.43. The van der Waals surface area contributed by atoms with Gasteiger partial charge in [0.05, 0.1) is 6.54 Å². The highest BCUT2D eigenvalue weighted by molar-refractivity contribution is 7.86. The molecule has 7 heteroatoms. The lowest BCUT2D eigenvalue weighted by Gasteiger charge is -2.42. The Morgan fingerprint density at radius 2 is 1.78 bits per heavy atom. The lowest BCUT2D eigenvalue weighted by Crippen LogP contribution is -2.54. The van der Waals surface area contributed by atoms with Crippen LogP contribution in [0.1, 0.15) is 50.5 Å². The van der Waals surface area contributed by atoms with E-state index in [1.165, 1.54) is 0 Å². The van der Waals surface area contributed by atoms with Crippen molar-refractivity contribution in [2.24, 2.45) is 0 Å². The molecule has 4 rings (SSSR count). The highest BCUT2D eigenvalue weighted by Gasteiger charge is 2.45. The van der Waals surface area contributed by atoms with E-state index in [0.29, 0.717) is 32.2 Å². The Kier molecular flexibility index (Phi) is 5.47. The summed E-state index contributed by atoms with van der Waals surface area (Å²) >= 11 is 0. The summed E-state index contributed by atoms with van der Waals surface area (Å²) in [6.07, 6.45) is 6.79. The monoisotopic (exact) mass is 393 g/mol. The number of para-hydroxylation sites is 1. The first-order valence-corrected chi connectivity index (χ1v) is 11.6. The normalized spacial score (nSPS) is 30.5. The number of hydrogen-bond acceptors (Lipinski definition) is 4. The van der Waals surface area contributed by atoms with E-state index < -0.39 is 15.8 Å². The summed E-state index contributed by atoms with van der Waals surface area (Å²) in [6.45, 7) is 2.11. The van der Waals surface area contributed by atoms with Crippen molar-refractivity contribution in [1.82, 2.24) is 13.9 Å². The summed E-state index contributed by atoms with van der Waals surface area (Å²) in [5.74, 6) is 0.844. The van der Waals surface area contributed by atoms with E-state index in [1.54, 1.807) is 8.61 Å². The molecule has 0 unspecified atom stereocenters. The Hall–Kier alpha value is -1.15. The minimum Gasteiger partial charge on any atom is -0.486 e. The van der Waals surface area contributed by atoms with Crippen molar-refractivity contribution >= 4 is 10.2 Å². The van der Waals surface area contributed by atoms with E-state index in [-0.39, 0.29) is 0 Å². The zero-order chi connectivity index (χ0) is 18.9. The van der Waals surface area contributed by atoms with Gasteiger partial charge in [-0.05, 0) is 51.6 Å². The van der Waals surface area contributed by atoms with Gasteiger partial charge in [0.25, 0.3) is 10.2 Å². The van der Waals surface area contributed by atoms with Crippen molar-refractivity contribution in [3.05, 3.63) is 29.8 Å². The molecule has 2 fully saturated rings. The Balaban J connectivity index is 1.65. The van der Waals surface area contributed by atoms with Crippen LogP contribution in [-0.4, -0.2) is 55.4 Å². The zero-order valence-electron chi connectivity index (χ0n) is 16.2. The molecule has 1 aliphatic carbocycles. The third-order valence-corrected chi connectivity index (χ3v) is 8.31. The summed E-state index contributed by atoms with van der Waals surface area (Å²) in [6, 6.07) is 8.40. The molecule has 2 aliphatic heterocycles. The molecule has 1 N–H and O–H groups in total. The smallest absolute Gasteiger partial charge is 0.282 e. The van der Waals surface area contributed by atoms with Gasteiger partial charge >= 0.3 is 0 Å². The third-order valence-electron chi connectivity index (χ3n) is 6.38. The van der Waals surface area contributed by atoms with Gasteiger partial charge in [0.15, 0.2) is 0 Å². The van der Waals surface area contributed by atoms with Gasteiger partial charge in [-0.2, -0.15) is 17.0 Å². The van der Waals surface area contributed by atoms with E-state index in [4.69, 9.17) is 4.74 Å². The number of nitrogens with one attached hydrogen (secondary N) is 1. The van der Waals surface area contributed by atoms with E-state index in [1.807, 2.05) is 31.3 Å². The lowest BCUT2D eigenvalue weighted by atomic mass is 9.82. The fraction of sp³-hybridized carbons (Fsp3) is 0.700. The van der Waals surface area contributed by atoms with Gasteiger partial charge in [0, 0.05) is 31.2 Å². The second-order valence-electron chi connectivity index (χ2n) is 8.19. The maximum Gasteiger partial charge on any atom is 0.282 e. The second-order valence-corrected chi connectivity index (χ2v) is 10.1. The maximum absolute atomic E-state index is 13.4. The van der Waals surface area contributed by atoms with Gasteiger partial charge in [-0.25, -0.2) is 0 Å². The van der Waals surface area contributed by atoms with Gasteiger partial charge < -0.3 is 10.1 Å². The number of hydrogen-bond donors (Lipinski definition) is 1. The molecular weight excluding hydrogens is 362 g/mol. The predicted octanol–water partition coefficient (Wildman–Crippen LogP) is 2.51. The van der Waals surface area contributed by atoms with Crippen LogP contribution in [0.15, 0.2) is 24.3 Å². The maximum atomic E-state index is 13.4. The molecule has 0 radical (unpaired) electrons. The average Bonchev–Trinajstić information content (AvgIpc) is 2.86. The number of nitrogens with zero attached hydrogens (tertiary/aromatic N) is 2. The Morgan fingerprint density at radius 3 is 2.48 bits per heavy atom. The predicted molar refractivity (Wildman–Crippen MR) is 106 cm³/mol. The van der Waals surface area contributed by atoms with Crippen molar-refractivity contribution in [3.63, 3.8) is 0 Å².